The van der Waals surface area contributed by atoms with Gasteiger partial charge in [0.2, 0.25) is 5.91 Å². The Morgan fingerprint density at radius 1 is 1.09 bits per heavy atom. The number of nitrogens with one attached hydrogen (secondary N) is 3. The van der Waals surface area contributed by atoms with Crippen molar-refractivity contribution in [3.8, 4) is 0 Å². The van der Waals surface area contributed by atoms with Crippen molar-refractivity contribution in [1.82, 2.24) is 20.5 Å². The largest absolute Gasteiger partial charge is 0.416 e. The molecule has 1 aromatic heterocycles. The molecule has 1 heterocycles. The predicted molar refractivity (Wildman–Crippen MR) is 135 cm³/mol. The van der Waals surface area contributed by atoms with Gasteiger partial charge in [0.1, 0.15) is 0 Å². The van der Waals surface area contributed by atoms with Crippen LogP contribution in [-0.2, 0) is 23.9 Å². The van der Waals surface area contributed by atoms with E-state index in [1.165, 1.54) is 11.0 Å². The zero-order valence-corrected chi connectivity index (χ0v) is 20.7. The van der Waals surface area contributed by atoms with Crippen molar-refractivity contribution in [3.63, 3.8) is 0 Å². The molecule has 33 heavy (non-hydrogen) atoms. The highest BCUT2D eigenvalue weighted by Gasteiger charge is 2.30. The summed E-state index contributed by atoms with van der Waals surface area (Å²) in [6.07, 6.45) is -1.75. The molecule has 6 nitrogen and oxygen atoms in total. The lowest BCUT2D eigenvalue weighted by molar-refractivity contribution is -0.137. The minimum Gasteiger partial charge on any atom is -0.361 e. The molecule has 0 bridgehead atoms. The number of carbonyl (C=O) groups excluding carboxylic acids is 1. The Labute approximate surface area is 207 Å². The van der Waals surface area contributed by atoms with Gasteiger partial charge < -0.3 is 20.5 Å². The number of halogens is 4. The van der Waals surface area contributed by atoms with Crippen LogP contribution < -0.4 is 10.6 Å². The Morgan fingerprint density at radius 2 is 1.85 bits per heavy atom. The number of aliphatic imine (C=N–C) groups is 1. The van der Waals surface area contributed by atoms with Crippen molar-refractivity contribution >= 4 is 46.7 Å². The first-order valence-corrected chi connectivity index (χ1v) is 10.2. The van der Waals surface area contributed by atoms with Gasteiger partial charge in [-0.15, -0.1) is 24.0 Å². The number of aromatic nitrogens is 1. The van der Waals surface area contributed by atoms with Gasteiger partial charge in [0.25, 0.3) is 0 Å². The van der Waals surface area contributed by atoms with Gasteiger partial charge in [0.15, 0.2) is 5.96 Å². The average molecular weight is 573 g/mol. The first-order valence-electron chi connectivity index (χ1n) is 10.2. The molecule has 0 atom stereocenters. The maximum absolute atomic E-state index is 13.0. The second-order valence-electron chi connectivity index (χ2n) is 7.54. The minimum absolute atomic E-state index is 0. The van der Waals surface area contributed by atoms with E-state index in [0.29, 0.717) is 24.5 Å². The molecule has 0 aliphatic heterocycles. The van der Waals surface area contributed by atoms with E-state index < -0.39 is 11.7 Å². The monoisotopic (exact) mass is 573 g/mol. The van der Waals surface area contributed by atoms with Crippen LogP contribution in [0.3, 0.4) is 0 Å². The third kappa shape index (κ3) is 7.65. The highest BCUT2D eigenvalue weighted by Crippen LogP contribution is 2.29. The Hall–Kier alpha value is -2.76. The van der Waals surface area contributed by atoms with Gasteiger partial charge >= 0.3 is 6.18 Å². The molecule has 3 rings (SSSR count). The number of carbonyl (C=O) groups is 1. The molecule has 178 valence electrons. The number of aromatic amines is 1. The molecule has 10 heteroatoms. The number of fused-ring (bicyclic) bond motifs is 1. The zero-order chi connectivity index (χ0) is 23.1. The molecule has 0 saturated heterocycles. The van der Waals surface area contributed by atoms with Crippen molar-refractivity contribution in [2.24, 2.45) is 4.99 Å². The summed E-state index contributed by atoms with van der Waals surface area (Å²) in [6, 6.07) is 13.0. The number of nitrogens with zero attached hydrogens (tertiary/aromatic N) is 2. The predicted octanol–water partition coefficient (Wildman–Crippen LogP) is 4.17. The van der Waals surface area contributed by atoms with Crippen LogP contribution in [0.2, 0.25) is 0 Å². The Bertz CT molecular complexity index is 1090. The van der Waals surface area contributed by atoms with E-state index in [4.69, 9.17) is 0 Å². The molecular weight excluding hydrogens is 546 g/mol. The maximum Gasteiger partial charge on any atom is 0.416 e. The summed E-state index contributed by atoms with van der Waals surface area (Å²) in [5.41, 5.74) is 1.90. The number of amides is 1. The fourth-order valence-corrected chi connectivity index (χ4v) is 3.16. The molecule has 1 amide bonds. The standard InChI is InChI=1S/C23H26F3N5O.HI/c1-31(2)21(32)15-30-22(29-13-16-6-5-7-18(12-16)23(24,25)26)27-11-10-17-14-28-20-9-4-3-8-19(17)20;/h3-9,12,14,28H,10-11,13,15H2,1-2H3,(H2,27,29,30);1H. The third-order valence-electron chi connectivity index (χ3n) is 4.94. The molecule has 0 spiro atoms. The summed E-state index contributed by atoms with van der Waals surface area (Å²) >= 11 is 0. The van der Waals surface area contributed by atoms with Gasteiger partial charge in [-0.05, 0) is 35.7 Å². The second-order valence-corrected chi connectivity index (χ2v) is 7.54. The summed E-state index contributed by atoms with van der Waals surface area (Å²) in [5.74, 6) is 0.215. The summed E-state index contributed by atoms with van der Waals surface area (Å²) in [4.78, 5) is 21.0. The lowest BCUT2D eigenvalue weighted by atomic mass is 10.1. The average Bonchev–Trinajstić information content (AvgIpc) is 3.17. The van der Waals surface area contributed by atoms with Gasteiger partial charge in [-0.2, -0.15) is 13.2 Å². The molecule has 2 aromatic carbocycles. The SMILES string of the molecule is CN(C)C(=O)CNC(=NCc1cccc(C(F)(F)F)c1)NCCc1c[nH]c2ccccc12.I. The number of likely N-dealkylation sites (N-methyl/N-ethyl adjacent to an activating group) is 1. The molecule has 0 saturated carbocycles. The molecule has 0 aliphatic rings. The first kappa shape index (κ1) is 26.5. The van der Waals surface area contributed by atoms with Crippen LogP contribution in [0.5, 0.6) is 0 Å². The van der Waals surface area contributed by atoms with Gasteiger partial charge in [-0.1, -0.05) is 30.3 Å². The van der Waals surface area contributed by atoms with Gasteiger partial charge in [0, 0.05) is 37.7 Å². The number of benzene rings is 2. The van der Waals surface area contributed by atoms with Crippen molar-refractivity contribution in [1.29, 1.82) is 0 Å². The van der Waals surface area contributed by atoms with E-state index in [-0.39, 0.29) is 43.0 Å². The van der Waals surface area contributed by atoms with Crippen LogP contribution in [-0.4, -0.2) is 48.9 Å². The number of hydrogen-bond donors (Lipinski definition) is 3. The highest BCUT2D eigenvalue weighted by molar-refractivity contribution is 14.0. The van der Waals surface area contributed by atoms with Crippen molar-refractivity contribution in [2.45, 2.75) is 19.1 Å². The summed E-state index contributed by atoms with van der Waals surface area (Å²) in [7, 11) is 3.29. The fourth-order valence-electron chi connectivity index (χ4n) is 3.16. The van der Waals surface area contributed by atoms with E-state index in [9.17, 15) is 18.0 Å². The highest BCUT2D eigenvalue weighted by atomic mass is 127. The van der Waals surface area contributed by atoms with E-state index in [1.807, 2.05) is 30.5 Å². The third-order valence-corrected chi connectivity index (χ3v) is 4.94. The number of alkyl halides is 3. The van der Waals surface area contributed by atoms with Crippen LogP contribution in [0.15, 0.2) is 59.7 Å². The Morgan fingerprint density at radius 3 is 2.58 bits per heavy atom. The smallest absolute Gasteiger partial charge is 0.361 e. The van der Waals surface area contributed by atoms with Crippen LogP contribution in [0.25, 0.3) is 10.9 Å². The number of para-hydroxylation sites is 1. The molecule has 0 aliphatic carbocycles. The number of H-pyrrole nitrogens is 1. The summed E-state index contributed by atoms with van der Waals surface area (Å²) in [6.45, 7) is 0.601. The van der Waals surface area contributed by atoms with E-state index in [2.05, 4.69) is 20.6 Å². The van der Waals surface area contributed by atoms with Gasteiger partial charge in [0.05, 0.1) is 18.7 Å². The number of guanidine groups is 1. The number of rotatable bonds is 7. The molecule has 0 radical (unpaired) electrons. The molecule has 0 fully saturated rings. The Balaban J connectivity index is 0.00000385. The summed E-state index contributed by atoms with van der Waals surface area (Å²) < 4.78 is 38.9. The molecule has 3 aromatic rings. The van der Waals surface area contributed by atoms with Crippen LogP contribution in [0.1, 0.15) is 16.7 Å². The topological polar surface area (TPSA) is 72.5 Å². The lowest BCUT2D eigenvalue weighted by Gasteiger charge is -2.15. The van der Waals surface area contributed by atoms with E-state index >= 15 is 0 Å². The normalized spacial score (nSPS) is 11.7. The molecule has 3 N–H and O–H groups in total. The quantitative estimate of drug-likeness (QED) is 0.226. The minimum atomic E-state index is -4.41. The lowest BCUT2D eigenvalue weighted by Crippen LogP contribution is -2.43. The Kier molecular flexibility index (Phi) is 9.56. The molecule has 0 unspecified atom stereocenters. The van der Waals surface area contributed by atoms with Gasteiger partial charge in [-0.25, -0.2) is 4.99 Å². The second kappa shape index (κ2) is 11.9. The maximum atomic E-state index is 13.0. The molecular formula is C23H27F3IN5O. The first-order chi connectivity index (χ1) is 15.2. The van der Waals surface area contributed by atoms with E-state index in [0.717, 1.165) is 28.6 Å². The summed E-state index contributed by atoms with van der Waals surface area (Å²) in [5, 5.41) is 7.25. The van der Waals surface area contributed by atoms with Crippen molar-refractivity contribution < 1.29 is 18.0 Å². The zero-order valence-electron chi connectivity index (χ0n) is 18.4. The van der Waals surface area contributed by atoms with Gasteiger partial charge in [-0.3, -0.25) is 4.79 Å². The van der Waals surface area contributed by atoms with Crippen molar-refractivity contribution in [2.75, 3.05) is 27.2 Å². The van der Waals surface area contributed by atoms with E-state index in [1.54, 1.807) is 20.2 Å². The van der Waals surface area contributed by atoms with Crippen LogP contribution >= 0.6 is 24.0 Å². The van der Waals surface area contributed by atoms with Crippen LogP contribution in [0.4, 0.5) is 13.2 Å². The van der Waals surface area contributed by atoms with Crippen molar-refractivity contribution in [3.05, 3.63) is 71.4 Å². The van der Waals surface area contributed by atoms with Crippen LogP contribution in [0, 0.1) is 0 Å². The number of hydrogen-bond acceptors (Lipinski definition) is 2. The fraction of sp³-hybridized carbons (Fsp3) is 0.304.